The van der Waals surface area contributed by atoms with Crippen molar-refractivity contribution < 1.29 is 13.2 Å². The molecule has 1 aliphatic carbocycles. The molecule has 3 rings (SSSR count). The van der Waals surface area contributed by atoms with Gasteiger partial charge in [-0.05, 0) is 56.7 Å². The lowest BCUT2D eigenvalue weighted by atomic mass is 10.1. The van der Waals surface area contributed by atoms with E-state index in [1.165, 1.54) is 0 Å². The van der Waals surface area contributed by atoms with Gasteiger partial charge in [-0.15, -0.1) is 0 Å². The summed E-state index contributed by atoms with van der Waals surface area (Å²) in [5, 5.41) is 0. The molecule has 6 heteroatoms. The minimum Gasteiger partial charge on any atom is -0.335 e. The van der Waals surface area contributed by atoms with Gasteiger partial charge in [-0.1, -0.05) is 26.3 Å². The van der Waals surface area contributed by atoms with Gasteiger partial charge >= 0.3 is 0 Å². The number of nitrogens with zero attached hydrogens (tertiary/aromatic N) is 2. The van der Waals surface area contributed by atoms with Crippen molar-refractivity contribution in [3.05, 3.63) is 29.8 Å². The number of amides is 1. The number of hydrogen-bond donors (Lipinski definition) is 0. The van der Waals surface area contributed by atoms with Crippen LogP contribution in [-0.4, -0.2) is 48.7 Å². The summed E-state index contributed by atoms with van der Waals surface area (Å²) in [5.41, 5.74) is 0.475. The maximum absolute atomic E-state index is 13.1. The van der Waals surface area contributed by atoms with E-state index in [9.17, 15) is 13.2 Å². The van der Waals surface area contributed by atoms with Crippen LogP contribution >= 0.6 is 0 Å². The van der Waals surface area contributed by atoms with Crippen LogP contribution in [0, 0.1) is 5.92 Å². The van der Waals surface area contributed by atoms with Crippen LogP contribution in [0.15, 0.2) is 29.2 Å². The topological polar surface area (TPSA) is 57.7 Å². The highest BCUT2D eigenvalue weighted by molar-refractivity contribution is 7.89. The zero-order valence-electron chi connectivity index (χ0n) is 16.0. The summed E-state index contributed by atoms with van der Waals surface area (Å²) < 4.78 is 27.7. The Morgan fingerprint density at radius 1 is 1.23 bits per heavy atom. The summed E-state index contributed by atoms with van der Waals surface area (Å²) in [6, 6.07) is 6.92. The largest absolute Gasteiger partial charge is 0.335 e. The molecule has 1 atom stereocenters. The van der Waals surface area contributed by atoms with Gasteiger partial charge < -0.3 is 4.90 Å². The molecular weight excluding hydrogens is 348 g/mol. The zero-order valence-corrected chi connectivity index (χ0v) is 16.8. The Hall–Kier alpha value is -1.40. The molecule has 1 heterocycles. The van der Waals surface area contributed by atoms with Crippen LogP contribution in [0.25, 0.3) is 0 Å². The minimum absolute atomic E-state index is 0.0111. The second kappa shape index (κ2) is 7.69. The van der Waals surface area contributed by atoms with E-state index in [1.54, 1.807) is 28.6 Å². The Bertz CT molecular complexity index is 756. The monoisotopic (exact) mass is 378 g/mol. The van der Waals surface area contributed by atoms with E-state index >= 15 is 0 Å². The second-order valence-corrected chi connectivity index (χ2v) is 9.96. The molecule has 0 N–H and O–H groups in total. The maximum atomic E-state index is 13.1. The van der Waals surface area contributed by atoms with Crippen molar-refractivity contribution in [1.82, 2.24) is 9.21 Å². The molecule has 0 radical (unpaired) electrons. The highest BCUT2D eigenvalue weighted by Gasteiger charge is 2.35. The van der Waals surface area contributed by atoms with E-state index in [0.29, 0.717) is 30.6 Å². The third kappa shape index (κ3) is 4.12. The Morgan fingerprint density at radius 3 is 2.58 bits per heavy atom. The van der Waals surface area contributed by atoms with Crippen molar-refractivity contribution in [2.24, 2.45) is 5.92 Å². The van der Waals surface area contributed by atoms with Gasteiger partial charge in [0.1, 0.15) is 0 Å². The van der Waals surface area contributed by atoms with Crippen molar-refractivity contribution in [2.75, 3.05) is 13.1 Å². The summed E-state index contributed by atoms with van der Waals surface area (Å²) in [7, 11) is -3.56. The van der Waals surface area contributed by atoms with E-state index in [4.69, 9.17) is 0 Å². The van der Waals surface area contributed by atoms with Gasteiger partial charge in [-0.3, -0.25) is 4.79 Å². The highest BCUT2D eigenvalue weighted by Crippen LogP contribution is 2.30. The summed E-state index contributed by atoms with van der Waals surface area (Å²) in [5.74, 6) is 0.339. The number of hydrogen-bond acceptors (Lipinski definition) is 3. The third-order valence-corrected chi connectivity index (χ3v) is 7.25. The molecule has 2 aliphatic rings. The van der Waals surface area contributed by atoms with Gasteiger partial charge in [-0.2, -0.15) is 4.31 Å². The molecule has 1 saturated carbocycles. The van der Waals surface area contributed by atoms with Gasteiger partial charge in [-0.25, -0.2) is 8.42 Å². The Balaban J connectivity index is 1.86. The van der Waals surface area contributed by atoms with Crippen molar-refractivity contribution in [3.63, 3.8) is 0 Å². The molecule has 1 saturated heterocycles. The first-order valence-corrected chi connectivity index (χ1v) is 11.2. The average molecular weight is 379 g/mol. The number of benzene rings is 1. The van der Waals surface area contributed by atoms with Crippen molar-refractivity contribution in [2.45, 2.75) is 69.9 Å². The summed E-state index contributed by atoms with van der Waals surface area (Å²) in [6.07, 6.45) is 4.94. The summed E-state index contributed by atoms with van der Waals surface area (Å²) in [4.78, 5) is 15.1. The van der Waals surface area contributed by atoms with Gasteiger partial charge in [0.15, 0.2) is 0 Å². The fourth-order valence-corrected chi connectivity index (χ4v) is 5.44. The molecule has 0 bridgehead atoms. The van der Waals surface area contributed by atoms with E-state index in [2.05, 4.69) is 13.8 Å². The van der Waals surface area contributed by atoms with Crippen molar-refractivity contribution in [3.8, 4) is 0 Å². The first kappa shape index (κ1) is 19.4. The van der Waals surface area contributed by atoms with Crippen LogP contribution in [0.4, 0.5) is 0 Å². The lowest BCUT2D eigenvalue weighted by molar-refractivity contribution is 0.0722. The van der Waals surface area contributed by atoms with Crippen LogP contribution in [0.1, 0.15) is 63.2 Å². The summed E-state index contributed by atoms with van der Waals surface area (Å²) in [6.45, 7) is 7.43. The van der Waals surface area contributed by atoms with E-state index < -0.39 is 10.0 Å². The maximum Gasteiger partial charge on any atom is 0.254 e. The summed E-state index contributed by atoms with van der Waals surface area (Å²) >= 11 is 0. The molecule has 0 spiro atoms. The lowest BCUT2D eigenvalue weighted by Gasteiger charge is -2.32. The third-order valence-electron chi connectivity index (χ3n) is 5.24. The lowest BCUT2D eigenvalue weighted by Crippen LogP contribution is -2.42. The number of piperidine rings is 1. The Labute approximate surface area is 157 Å². The Morgan fingerprint density at radius 2 is 1.96 bits per heavy atom. The molecular formula is C20H30N2O3S. The van der Waals surface area contributed by atoms with Gasteiger partial charge in [0, 0.05) is 30.7 Å². The number of rotatable bonds is 6. The number of carbonyl (C=O) groups is 1. The molecule has 1 aliphatic heterocycles. The predicted octanol–water partition coefficient (Wildman–Crippen LogP) is 3.51. The second-order valence-electron chi connectivity index (χ2n) is 8.07. The van der Waals surface area contributed by atoms with Crippen molar-refractivity contribution >= 4 is 15.9 Å². The molecule has 1 amide bonds. The minimum atomic E-state index is -3.56. The van der Waals surface area contributed by atoms with Crippen molar-refractivity contribution in [1.29, 1.82) is 0 Å². The normalized spacial score (nSPS) is 21.8. The van der Waals surface area contributed by atoms with E-state index in [0.717, 1.165) is 32.1 Å². The molecule has 1 aromatic rings. The molecule has 1 unspecified atom stereocenters. The molecule has 5 nitrogen and oxygen atoms in total. The van der Waals surface area contributed by atoms with Gasteiger partial charge in [0.05, 0.1) is 4.90 Å². The van der Waals surface area contributed by atoms with Crippen LogP contribution in [0.3, 0.4) is 0 Å². The molecule has 1 aromatic carbocycles. The standard InChI is InChI=1S/C20H30N2O3S/c1-15(2)14-21(18-10-11-18)20(23)17-8-6-9-19(13-17)26(24,25)22-12-5-4-7-16(22)3/h6,8-9,13,15-16,18H,4-5,7,10-12,14H2,1-3H3. The van der Waals surface area contributed by atoms with Crippen LogP contribution in [-0.2, 0) is 10.0 Å². The molecule has 26 heavy (non-hydrogen) atoms. The number of carbonyl (C=O) groups excluding carboxylic acids is 1. The first-order chi connectivity index (χ1) is 12.3. The fourth-order valence-electron chi connectivity index (χ4n) is 3.70. The first-order valence-electron chi connectivity index (χ1n) is 9.73. The highest BCUT2D eigenvalue weighted by atomic mass is 32.2. The smallest absolute Gasteiger partial charge is 0.254 e. The number of sulfonamides is 1. The molecule has 144 valence electrons. The van der Waals surface area contributed by atoms with Crippen LogP contribution in [0.2, 0.25) is 0 Å². The SMILES string of the molecule is CC(C)CN(C(=O)c1cccc(S(=O)(=O)N2CCCCC2C)c1)C1CC1. The van der Waals surface area contributed by atoms with E-state index in [1.807, 2.05) is 11.8 Å². The molecule has 0 aromatic heterocycles. The van der Waals surface area contributed by atoms with Crippen LogP contribution in [0.5, 0.6) is 0 Å². The van der Waals surface area contributed by atoms with Gasteiger partial charge in [0.2, 0.25) is 10.0 Å². The van der Waals surface area contributed by atoms with Gasteiger partial charge in [0.25, 0.3) is 5.91 Å². The quantitative estimate of drug-likeness (QED) is 0.761. The Kier molecular flexibility index (Phi) is 5.72. The predicted molar refractivity (Wildman–Crippen MR) is 103 cm³/mol. The molecule has 2 fully saturated rings. The fraction of sp³-hybridized carbons (Fsp3) is 0.650. The average Bonchev–Trinajstić information content (AvgIpc) is 3.44. The van der Waals surface area contributed by atoms with E-state index in [-0.39, 0.29) is 16.8 Å². The zero-order chi connectivity index (χ0) is 18.9. The van der Waals surface area contributed by atoms with Crippen LogP contribution < -0.4 is 0 Å².